The summed E-state index contributed by atoms with van der Waals surface area (Å²) in [6, 6.07) is 1.48. The summed E-state index contributed by atoms with van der Waals surface area (Å²) in [6.07, 6.45) is -2.83. The Balaban J connectivity index is 2.07. The molecule has 0 radical (unpaired) electrons. The molecule has 5 N–H and O–H groups in total. The van der Waals surface area contributed by atoms with Gasteiger partial charge in [0.1, 0.15) is 24.1 Å². The average Bonchev–Trinajstić information content (AvgIpc) is 2.57. The smallest absolute Gasteiger partial charge is 0.346 e. The van der Waals surface area contributed by atoms with Crippen LogP contribution in [0.25, 0.3) is 0 Å². The zero-order chi connectivity index (χ0) is 12.4. The van der Waals surface area contributed by atoms with E-state index in [0.29, 0.717) is 5.82 Å². The number of aliphatic hydroxyl groups is 3. The van der Waals surface area contributed by atoms with Gasteiger partial charge in [-0.1, -0.05) is 0 Å². The number of nitrogens with one attached hydrogen (secondary N) is 2. The molecule has 0 aliphatic carbocycles. The van der Waals surface area contributed by atoms with Crippen molar-refractivity contribution in [3.8, 4) is 0 Å². The Morgan fingerprint density at radius 3 is 2.82 bits per heavy atom. The third-order valence-electron chi connectivity index (χ3n) is 2.51. The standard InChI is InChI=1S/C9H13N3O5/c13-3-4-6(14)7(15)8(17-4)11-5-1-2-10-9(16)12-5/h1-2,4,6-8,13-15H,3H2,(H2,10,11,12,16). The van der Waals surface area contributed by atoms with E-state index in [0.717, 1.165) is 0 Å². The van der Waals surface area contributed by atoms with Crippen LogP contribution in [-0.2, 0) is 4.74 Å². The first-order valence-corrected chi connectivity index (χ1v) is 5.06. The monoisotopic (exact) mass is 243 g/mol. The van der Waals surface area contributed by atoms with Gasteiger partial charge in [0.15, 0.2) is 6.23 Å². The largest absolute Gasteiger partial charge is 0.394 e. The fourth-order valence-electron chi connectivity index (χ4n) is 1.62. The van der Waals surface area contributed by atoms with Gasteiger partial charge >= 0.3 is 5.69 Å². The van der Waals surface area contributed by atoms with Crippen molar-refractivity contribution in [1.82, 2.24) is 9.97 Å². The number of anilines is 1. The molecule has 1 aromatic heterocycles. The highest BCUT2D eigenvalue weighted by Crippen LogP contribution is 2.21. The molecule has 4 atom stereocenters. The first kappa shape index (κ1) is 12.0. The van der Waals surface area contributed by atoms with Crippen LogP contribution >= 0.6 is 0 Å². The number of rotatable bonds is 3. The molecule has 17 heavy (non-hydrogen) atoms. The van der Waals surface area contributed by atoms with Crippen LogP contribution in [0.15, 0.2) is 17.1 Å². The van der Waals surface area contributed by atoms with E-state index in [-0.39, 0.29) is 0 Å². The average molecular weight is 243 g/mol. The Bertz CT molecular complexity index is 437. The summed E-state index contributed by atoms with van der Waals surface area (Å²) < 4.78 is 5.18. The molecule has 8 nitrogen and oxygen atoms in total. The lowest BCUT2D eigenvalue weighted by Gasteiger charge is -2.16. The summed E-state index contributed by atoms with van der Waals surface area (Å²) in [7, 11) is 0. The van der Waals surface area contributed by atoms with Gasteiger partial charge in [-0.25, -0.2) is 9.78 Å². The van der Waals surface area contributed by atoms with E-state index in [9.17, 15) is 15.0 Å². The van der Waals surface area contributed by atoms with Gasteiger partial charge in [-0.05, 0) is 6.07 Å². The van der Waals surface area contributed by atoms with Gasteiger partial charge in [0.2, 0.25) is 0 Å². The van der Waals surface area contributed by atoms with Gasteiger partial charge in [0.05, 0.1) is 6.61 Å². The van der Waals surface area contributed by atoms with Gasteiger partial charge in [-0.2, -0.15) is 0 Å². The van der Waals surface area contributed by atoms with Crippen LogP contribution in [0.2, 0.25) is 0 Å². The van der Waals surface area contributed by atoms with Crippen molar-refractivity contribution < 1.29 is 20.1 Å². The predicted octanol–water partition coefficient (Wildman–Crippen LogP) is -2.38. The summed E-state index contributed by atoms with van der Waals surface area (Å²) in [5.74, 6) is 0.305. The van der Waals surface area contributed by atoms with E-state index < -0.39 is 36.8 Å². The zero-order valence-corrected chi connectivity index (χ0v) is 8.78. The highest BCUT2D eigenvalue weighted by Gasteiger charge is 2.42. The van der Waals surface area contributed by atoms with Gasteiger partial charge in [0, 0.05) is 6.20 Å². The van der Waals surface area contributed by atoms with Crippen LogP contribution in [0.3, 0.4) is 0 Å². The highest BCUT2D eigenvalue weighted by atomic mass is 16.6. The van der Waals surface area contributed by atoms with Crippen molar-refractivity contribution in [1.29, 1.82) is 0 Å². The molecule has 0 amide bonds. The van der Waals surface area contributed by atoms with Gasteiger partial charge < -0.3 is 25.4 Å². The van der Waals surface area contributed by atoms with Crippen LogP contribution in [-0.4, -0.2) is 56.4 Å². The van der Waals surface area contributed by atoms with Gasteiger partial charge in [-0.15, -0.1) is 0 Å². The Hall–Kier alpha value is -1.48. The Morgan fingerprint density at radius 2 is 2.24 bits per heavy atom. The lowest BCUT2D eigenvalue weighted by molar-refractivity contribution is -0.0154. The molecule has 1 aromatic rings. The first-order chi connectivity index (χ1) is 8.11. The summed E-state index contributed by atoms with van der Waals surface area (Å²) in [4.78, 5) is 16.8. The molecule has 2 rings (SSSR count). The fraction of sp³-hybridized carbons (Fsp3) is 0.556. The lowest BCUT2D eigenvalue weighted by atomic mass is 10.1. The molecule has 1 fully saturated rings. The summed E-state index contributed by atoms with van der Waals surface area (Å²) >= 11 is 0. The molecule has 94 valence electrons. The lowest BCUT2D eigenvalue weighted by Crippen LogP contribution is -2.37. The van der Waals surface area contributed by atoms with Crippen LogP contribution in [0.4, 0.5) is 5.82 Å². The molecule has 8 heteroatoms. The maximum atomic E-state index is 10.9. The number of nitrogens with zero attached hydrogens (tertiary/aromatic N) is 1. The van der Waals surface area contributed by atoms with Crippen molar-refractivity contribution in [2.24, 2.45) is 0 Å². The molecule has 2 heterocycles. The van der Waals surface area contributed by atoms with Crippen LogP contribution in [0.5, 0.6) is 0 Å². The number of aromatic nitrogens is 2. The minimum atomic E-state index is -1.19. The van der Waals surface area contributed by atoms with E-state index in [1.807, 2.05) is 0 Å². The van der Waals surface area contributed by atoms with Crippen molar-refractivity contribution in [3.63, 3.8) is 0 Å². The number of ether oxygens (including phenoxy) is 1. The van der Waals surface area contributed by atoms with E-state index in [2.05, 4.69) is 15.3 Å². The SMILES string of the molecule is O=c1nccc(NC2OC(CO)C(O)C2O)[nH]1. The van der Waals surface area contributed by atoms with Crippen LogP contribution in [0.1, 0.15) is 0 Å². The van der Waals surface area contributed by atoms with Gasteiger partial charge in [0.25, 0.3) is 0 Å². The van der Waals surface area contributed by atoms with Crippen LogP contribution in [0, 0.1) is 0 Å². The minimum absolute atomic E-state index is 0.305. The van der Waals surface area contributed by atoms with E-state index in [1.54, 1.807) is 0 Å². The minimum Gasteiger partial charge on any atom is -0.394 e. The number of hydrogen-bond donors (Lipinski definition) is 5. The maximum Gasteiger partial charge on any atom is 0.346 e. The second-order valence-corrected chi connectivity index (χ2v) is 3.69. The van der Waals surface area contributed by atoms with Crippen molar-refractivity contribution in [2.75, 3.05) is 11.9 Å². The molecular weight excluding hydrogens is 230 g/mol. The number of hydrogen-bond acceptors (Lipinski definition) is 7. The molecule has 1 aliphatic heterocycles. The highest BCUT2D eigenvalue weighted by molar-refractivity contribution is 5.33. The number of H-pyrrole nitrogens is 1. The van der Waals surface area contributed by atoms with E-state index >= 15 is 0 Å². The summed E-state index contributed by atoms with van der Waals surface area (Å²) in [6.45, 7) is -0.400. The topological polar surface area (TPSA) is 128 Å². The number of aromatic amines is 1. The summed E-state index contributed by atoms with van der Waals surface area (Å²) in [5.41, 5.74) is -0.540. The second kappa shape index (κ2) is 4.80. The third-order valence-corrected chi connectivity index (χ3v) is 2.51. The van der Waals surface area contributed by atoms with Crippen molar-refractivity contribution in [2.45, 2.75) is 24.5 Å². The predicted molar refractivity (Wildman–Crippen MR) is 56.2 cm³/mol. The zero-order valence-electron chi connectivity index (χ0n) is 8.78. The maximum absolute atomic E-state index is 10.9. The molecule has 0 aromatic carbocycles. The quantitative estimate of drug-likeness (QED) is 0.401. The normalized spacial score (nSPS) is 32.6. The van der Waals surface area contributed by atoms with E-state index in [4.69, 9.17) is 9.84 Å². The van der Waals surface area contributed by atoms with Gasteiger partial charge in [-0.3, -0.25) is 4.98 Å². The second-order valence-electron chi connectivity index (χ2n) is 3.69. The molecule has 0 bridgehead atoms. The third kappa shape index (κ3) is 2.44. The Morgan fingerprint density at radius 1 is 1.47 bits per heavy atom. The van der Waals surface area contributed by atoms with E-state index in [1.165, 1.54) is 12.3 Å². The molecular formula is C9H13N3O5. The van der Waals surface area contributed by atoms with Crippen molar-refractivity contribution in [3.05, 3.63) is 22.7 Å². The molecule has 4 unspecified atom stereocenters. The molecule has 0 spiro atoms. The number of aliphatic hydroxyl groups excluding tert-OH is 3. The molecule has 1 saturated heterocycles. The Kier molecular flexibility index (Phi) is 3.38. The molecule has 0 saturated carbocycles. The summed E-state index contributed by atoms with van der Waals surface area (Å²) in [5, 5.41) is 30.7. The van der Waals surface area contributed by atoms with Crippen LogP contribution < -0.4 is 11.0 Å². The first-order valence-electron chi connectivity index (χ1n) is 5.06. The molecule has 1 aliphatic rings. The van der Waals surface area contributed by atoms with Crippen molar-refractivity contribution >= 4 is 5.82 Å². The fourth-order valence-corrected chi connectivity index (χ4v) is 1.62. The Labute approximate surface area is 95.9 Å².